The first kappa shape index (κ1) is 15.7. The summed E-state index contributed by atoms with van der Waals surface area (Å²) in [4.78, 5) is 13.7. The minimum absolute atomic E-state index is 0.190. The molecule has 120 valence electrons. The molecule has 2 aromatic rings. The number of ether oxygens (including phenoxy) is 2. The molecule has 0 radical (unpaired) electrons. The minimum Gasteiger partial charge on any atom is -0.457 e. The number of carbonyl (C=O) groups excluding carboxylic acids is 1. The van der Waals surface area contributed by atoms with Crippen LogP contribution in [0.1, 0.15) is 16.8 Å². The highest BCUT2D eigenvalue weighted by Crippen LogP contribution is 2.21. The average Bonchev–Trinajstić information content (AvgIpc) is 2.62. The van der Waals surface area contributed by atoms with Crippen molar-refractivity contribution in [3.63, 3.8) is 0 Å². The van der Waals surface area contributed by atoms with Gasteiger partial charge in [0, 0.05) is 5.56 Å². The van der Waals surface area contributed by atoms with Crippen LogP contribution < -0.4 is 9.64 Å². The first-order valence-corrected chi connectivity index (χ1v) is 8.09. The standard InChI is InChI=1S/C19H21NO3/c21-19(10-11-20-12-14-22-15-13-20)16-6-8-18(9-7-16)23-17-4-2-1-3-5-17/h1-9H,10-15H2/p+1. The summed E-state index contributed by atoms with van der Waals surface area (Å²) >= 11 is 0. The molecule has 1 fully saturated rings. The Morgan fingerprint density at radius 1 is 0.957 bits per heavy atom. The molecule has 0 aliphatic carbocycles. The summed E-state index contributed by atoms with van der Waals surface area (Å²) < 4.78 is 11.1. The number of nitrogens with one attached hydrogen (secondary N) is 1. The van der Waals surface area contributed by atoms with Gasteiger partial charge in [-0.3, -0.25) is 4.79 Å². The summed E-state index contributed by atoms with van der Waals surface area (Å²) in [5, 5.41) is 0. The second kappa shape index (κ2) is 7.90. The van der Waals surface area contributed by atoms with Crippen LogP contribution in [-0.2, 0) is 4.74 Å². The molecule has 1 saturated heterocycles. The molecule has 1 aliphatic heterocycles. The van der Waals surface area contributed by atoms with Gasteiger partial charge in [-0.25, -0.2) is 0 Å². The van der Waals surface area contributed by atoms with Crippen molar-refractivity contribution in [3.05, 3.63) is 60.2 Å². The van der Waals surface area contributed by atoms with Crippen LogP contribution in [0.15, 0.2) is 54.6 Å². The average molecular weight is 312 g/mol. The Bertz CT molecular complexity index is 619. The van der Waals surface area contributed by atoms with Crippen molar-refractivity contribution < 1.29 is 19.2 Å². The smallest absolute Gasteiger partial charge is 0.168 e. The van der Waals surface area contributed by atoms with E-state index in [4.69, 9.17) is 9.47 Å². The zero-order chi connectivity index (χ0) is 15.9. The largest absolute Gasteiger partial charge is 0.457 e. The first-order chi connectivity index (χ1) is 11.3. The van der Waals surface area contributed by atoms with E-state index in [1.54, 1.807) is 0 Å². The fraction of sp³-hybridized carbons (Fsp3) is 0.316. The van der Waals surface area contributed by atoms with Crippen molar-refractivity contribution in [1.29, 1.82) is 0 Å². The molecule has 0 bridgehead atoms. The molecule has 0 amide bonds. The van der Waals surface area contributed by atoms with Gasteiger partial charge in [0.25, 0.3) is 0 Å². The topological polar surface area (TPSA) is 40.0 Å². The van der Waals surface area contributed by atoms with Crippen LogP contribution in [-0.4, -0.2) is 38.6 Å². The maximum Gasteiger partial charge on any atom is 0.168 e. The molecule has 3 rings (SSSR count). The molecule has 1 N–H and O–H groups in total. The summed E-state index contributed by atoms with van der Waals surface area (Å²) in [6.07, 6.45) is 0.578. The third-order valence-electron chi connectivity index (χ3n) is 4.06. The van der Waals surface area contributed by atoms with Gasteiger partial charge in [0.1, 0.15) is 24.6 Å². The van der Waals surface area contributed by atoms with E-state index < -0.39 is 0 Å². The Morgan fingerprint density at radius 2 is 1.61 bits per heavy atom. The highest BCUT2D eigenvalue weighted by Gasteiger charge is 2.16. The number of rotatable bonds is 6. The second-order valence-electron chi connectivity index (χ2n) is 5.73. The molecule has 0 spiro atoms. The summed E-state index contributed by atoms with van der Waals surface area (Å²) in [5.74, 6) is 1.73. The number of quaternary nitrogens is 1. The highest BCUT2D eigenvalue weighted by molar-refractivity contribution is 5.96. The number of morpholine rings is 1. The fourth-order valence-corrected chi connectivity index (χ4v) is 2.68. The van der Waals surface area contributed by atoms with E-state index in [1.807, 2.05) is 54.6 Å². The lowest BCUT2D eigenvalue weighted by molar-refractivity contribution is -0.907. The third kappa shape index (κ3) is 4.65. The molecule has 0 atom stereocenters. The lowest BCUT2D eigenvalue weighted by atomic mass is 10.1. The molecule has 1 aliphatic rings. The van der Waals surface area contributed by atoms with Gasteiger partial charge >= 0.3 is 0 Å². The summed E-state index contributed by atoms with van der Waals surface area (Å²) in [6.45, 7) is 4.48. The van der Waals surface area contributed by atoms with Crippen LogP contribution in [0, 0.1) is 0 Å². The van der Waals surface area contributed by atoms with E-state index in [0.29, 0.717) is 6.42 Å². The van der Waals surface area contributed by atoms with Crippen LogP contribution in [0.2, 0.25) is 0 Å². The van der Waals surface area contributed by atoms with Gasteiger partial charge in [0.15, 0.2) is 5.78 Å². The van der Waals surface area contributed by atoms with E-state index in [1.165, 1.54) is 4.90 Å². The molecule has 0 saturated carbocycles. The van der Waals surface area contributed by atoms with E-state index in [9.17, 15) is 4.79 Å². The molecule has 23 heavy (non-hydrogen) atoms. The Kier molecular flexibility index (Phi) is 5.40. The Balaban J connectivity index is 1.52. The predicted octanol–water partition coefficient (Wildman–Crippen LogP) is 1.97. The van der Waals surface area contributed by atoms with Crippen LogP contribution >= 0.6 is 0 Å². The molecule has 0 unspecified atom stereocenters. The fourth-order valence-electron chi connectivity index (χ4n) is 2.68. The number of benzene rings is 2. The van der Waals surface area contributed by atoms with Gasteiger partial charge in [0.2, 0.25) is 0 Å². The third-order valence-corrected chi connectivity index (χ3v) is 4.06. The van der Waals surface area contributed by atoms with Crippen LogP contribution in [0.5, 0.6) is 11.5 Å². The van der Waals surface area contributed by atoms with Crippen molar-refractivity contribution in [2.45, 2.75) is 6.42 Å². The molecule has 4 nitrogen and oxygen atoms in total. The quantitative estimate of drug-likeness (QED) is 0.829. The number of hydrogen-bond acceptors (Lipinski definition) is 3. The van der Waals surface area contributed by atoms with Crippen molar-refractivity contribution in [2.75, 3.05) is 32.8 Å². The molecule has 1 heterocycles. The van der Waals surface area contributed by atoms with Gasteiger partial charge in [-0.2, -0.15) is 0 Å². The van der Waals surface area contributed by atoms with E-state index in [2.05, 4.69) is 0 Å². The van der Waals surface area contributed by atoms with Crippen molar-refractivity contribution in [2.24, 2.45) is 0 Å². The normalized spacial score (nSPS) is 15.3. The molecular formula is C19H22NO3+. The number of para-hydroxylation sites is 1. The number of ketones is 1. The van der Waals surface area contributed by atoms with E-state index in [-0.39, 0.29) is 5.78 Å². The minimum atomic E-state index is 0.190. The maximum absolute atomic E-state index is 12.3. The van der Waals surface area contributed by atoms with Gasteiger partial charge in [-0.15, -0.1) is 0 Å². The van der Waals surface area contributed by atoms with Crippen LogP contribution in [0.25, 0.3) is 0 Å². The summed E-state index contributed by atoms with van der Waals surface area (Å²) in [7, 11) is 0. The Hall–Kier alpha value is -2.17. The van der Waals surface area contributed by atoms with Gasteiger partial charge in [0.05, 0.1) is 26.2 Å². The first-order valence-electron chi connectivity index (χ1n) is 8.09. The maximum atomic E-state index is 12.3. The van der Waals surface area contributed by atoms with Gasteiger partial charge in [-0.05, 0) is 36.4 Å². The van der Waals surface area contributed by atoms with Crippen LogP contribution in [0.4, 0.5) is 0 Å². The SMILES string of the molecule is O=C(CC[NH+]1CCOCC1)c1ccc(Oc2ccccc2)cc1. The Morgan fingerprint density at radius 3 is 2.30 bits per heavy atom. The molecule has 2 aromatic carbocycles. The molecule has 0 aromatic heterocycles. The van der Waals surface area contributed by atoms with Crippen molar-refractivity contribution in [3.8, 4) is 11.5 Å². The second-order valence-corrected chi connectivity index (χ2v) is 5.73. The van der Waals surface area contributed by atoms with E-state index in [0.717, 1.165) is 49.9 Å². The van der Waals surface area contributed by atoms with E-state index >= 15 is 0 Å². The van der Waals surface area contributed by atoms with Gasteiger partial charge in [-0.1, -0.05) is 18.2 Å². The van der Waals surface area contributed by atoms with Crippen molar-refractivity contribution >= 4 is 5.78 Å². The number of hydrogen-bond donors (Lipinski definition) is 1. The lowest BCUT2D eigenvalue weighted by Crippen LogP contribution is -3.14. The monoisotopic (exact) mass is 312 g/mol. The molecular weight excluding hydrogens is 290 g/mol. The number of carbonyl (C=O) groups is 1. The lowest BCUT2D eigenvalue weighted by Gasteiger charge is -2.23. The predicted molar refractivity (Wildman–Crippen MR) is 88.3 cm³/mol. The van der Waals surface area contributed by atoms with Crippen molar-refractivity contribution in [1.82, 2.24) is 0 Å². The Labute approximate surface area is 136 Å². The summed E-state index contributed by atoms with van der Waals surface area (Å²) in [5.41, 5.74) is 0.748. The zero-order valence-corrected chi connectivity index (χ0v) is 13.2. The molecule has 4 heteroatoms. The zero-order valence-electron chi connectivity index (χ0n) is 13.2. The number of Topliss-reactive ketones (excluding diaryl/α,β-unsaturated/α-hetero) is 1. The highest BCUT2D eigenvalue weighted by atomic mass is 16.5. The summed E-state index contributed by atoms with van der Waals surface area (Å²) in [6, 6.07) is 17.0. The van der Waals surface area contributed by atoms with Crippen LogP contribution in [0.3, 0.4) is 0 Å². The van der Waals surface area contributed by atoms with Gasteiger partial charge < -0.3 is 14.4 Å².